The predicted octanol–water partition coefficient (Wildman–Crippen LogP) is 15.8. The summed E-state index contributed by atoms with van der Waals surface area (Å²) in [7, 11) is 0. The van der Waals surface area contributed by atoms with Crippen LogP contribution in [0.3, 0.4) is 0 Å². The second-order valence-corrected chi connectivity index (χ2v) is 18.2. The molecule has 63 heavy (non-hydrogen) atoms. The minimum Gasteiger partial charge on any atom is -0.455 e. The number of benzene rings is 9. The van der Waals surface area contributed by atoms with Gasteiger partial charge in [-0.05, 0) is 75.8 Å². The van der Waals surface area contributed by atoms with Crippen molar-refractivity contribution in [2.45, 2.75) is 6.17 Å². The zero-order chi connectivity index (χ0) is 41.4. The van der Waals surface area contributed by atoms with Gasteiger partial charge < -0.3 is 9.73 Å². The summed E-state index contributed by atoms with van der Waals surface area (Å²) in [5, 5.41) is 10.8. The molecule has 13 rings (SSSR count). The van der Waals surface area contributed by atoms with Gasteiger partial charge in [0.05, 0.1) is 0 Å². The highest BCUT2D eigenvalue weighted by atomic mass is 32.1. The van der Waals surface area contributed by atoms with Gasteiger partial charge in [0, 0.05) is 67.8 Å². The van der Waals surface area contributed by atoms with Crippen molar-refractivity contribution in [1.29, 1.82) is 0 Å². The Balaban J connectivity index is 1.07. The topological polar surface area (TPSA) is 49.9 Å². The van der Waals surface area contributed by atoms with E-state index in [2.05, 4.69) is 193 Å². The maximum atomic E-state index is 7.11. The Kier molecular flexibility index (Phi) is 8.29. The molecule has 1 aliphatic rings. The molecule has 296 valence electrons. The van der Waals surface area contributed by atoms with Gasteiger partial charge in [-0.25, -0.2) is 9.98 Å². The summed E-state index contributed by atoms with van der Waals surface area (Å²) in [6.07, 6.45) is -0.369. The van der Waals surface area contributed by atoms with Crippen LogP contribution in [0.1, 0.15) is 22.9 Å². The van der Waals surface area contributed by atoms with E-state index in [-0.39, 0.29) is 6.17 Å². The Bertz CT molecular complexity index is 3820. The van der Waals surface area contributed by atoms with E-state index in [1.807, 2.05) is 34.8 Å². The molecule has 1 N–H and O–H groups in total. The van der Waals surface area contributed by atoms with E-state index >= 15 is 0 Å². The van der Waals surface area contributed by atoms with Crippen molar-refractivity contribution in [3.05, 3.63) is 217 Å². The first-order valence-corrected chi connectivity index (χ1v) is 22.8. The van der Waals surface area contributed by atoms with E-state index in [0.29, 0.717) is 5.84 Å². The first-order chi connectivity index (χ1) is 31.2. The number of hydrogen-bond donors (Lipinski definition) is 1. The van der Waals surface area contributed by atoms with Crippen LogP contribution in [0.25, 0.3) is 95.7 Å². The number of fused-ring (bicyclic) bond motifs is 9. The fourth-order valence-corrected chi connectivity index (χ4v) is 11.7. The number of amidine groups is 2. The summed E-state index contributed by atoms with van der Waals surface area (Å²) >= 11 is 3.68. The monoisotopic (exact) mass is 841 g/mol. The van der Waals surface area contributed by atoms with Crippen molar-refractivity contribution in [3.8, 4) is 33.4 Å². The molecule has 1 unspecified atom stereocenters. The molecule has 3 aromatic heterocycles. The number of nitrogens with zero attached hydrogens (tertiary/aromatic N) is 2. The van der Waals surface area contributed by atoms with Gasteiger partial charge in [0.1, 0.15) is 23.2 Å². The van der Waals surface area contributed by atoms with Crippen LogP contribution in [0.15, 0.2) is 215 Å². The van der Waals surface area contributed by atoms with Crippen molar-refractivity contribution in [2.75, 3.05) is 0 Å². The largest absolute Gasteiger partial charge is 0.455 e. The number of rotatable bonds is 6. The van der Waals surface area contributed by atoms with Crippen LogP contribution in [0.4, 0.5) is 0 Å². The zero-order valence-corrected chi connectivity index (χ0v) is 35.4. The van der Waals surface area contributed by atoms with Crippen molar-refractivity contribution in [2.24, 2.45) is 9.98 Å². The summed E-state index contributed by atoms with van der Waals surface area (Å²) < 4.78 is 12.2. The molecule has 12 aromatic rings. The van der Waals surface area contributed by atoms with Crippen molar-refractivity contribution < 1.29 is 4.42 Å². The molecule has 4 heterocycles. The summed E-state index contributed by atoms with van der Waals surface area (Å²) in [5.74, 6) is 1.43. The van der Waals surface area contributed by atoms with E-state index < -0.39 is 0 Å². The van der Waals surface area contributed by atoms with E-state index in [0.717, 1.165) is 66.7 Å². The lowest BCUT2D eigenvalue weighted by molar-refractivity contribution is 0.669. The number of thiophene rings is 2. The maximum Gasteiger partial charge on any atom is 0.160 e. The van der Waals surface area contributed by atoms with E-state index in [1.165, 1.54) is 51.5 Å². The average molecular weight is 842 g/mol. The third-order valence-electron chi connectivity index (χ3n) is 12.4. The van der Waals surface area contributed by atoms with Crippen LogP contribution in [0.5, 0.6) is 0 Å². The highest BCUT2D eigenvalue weighted by Gasteiger charge is 2.26. The first-order valence-electron chi connectivity index (χ1n) is 21.2. The molecule has 0 bridgehead atoms. The predicted molar refractivity (Wildman–Crippen MR) is 268 cm³/mol. The van der Waals surface area contributed by atoms with Crippen LogP contribution < -0.4 is 5.32 Å². The lowest BCUT2D eigenvalue weighted by Gasteiger charge is -2.24. The summed E-state index contributed by atoms with van der Waals surface area (Å²) in [4.78, 5) is 10.7. The van der Waals surface area contributed by atoms with Gasteiger partial charge in [-0.2, -0.15) is 0 Å². The quantitative estimate of drug-likeness (QED) is 0.181. The highest BCUT2D eigenvalue weighted by Crippen LogP contribution is 2.48. The lowest BCUT2D eigenvalue weighted by atomic mass is 9.91. The van der Waals surface area contributed by atoms with Gasteiger partial charge in [0.15, 0.2) is 5.84 Å². The molecule has 0 aliphatic carbocycles. The highest BCUT2D eigenvalue weighted by molar-refractivity contribution is 7.26. The van der Waals surface area contributed by atoms with Crippen LogP contribution in [0.2, 0.25) is 0 Å². The molecule has 1 atom stereocenters. The minimum atomic E-state index is -0.369. The van der Waals surface area contributed by atoms with Crippen molar-refractivity contribution in [1.82, 2.24) is 5.32 Å². The number of furan rings is 1. The van der Waals surface area contributed by atoms with E-state index in [9.17, 15) is 0 Å². The van der Waals surface area contributed by atoms with E-state index in [1.54, 1.807) is 0 Å². The minimum absolute atomic E-state index is 0.369. The molecule has 4 nitrogen and oxygen atoms in total. The molecule has 9 aromatic carbocycles. The lowest BCUT2D eigenvalue weighted by Crippen LogP contribution is -2.33. The zero-order valence-electron chi connectivity index (χ0n) is 33.7. The van der Waals surface area contributed by atoms with E-state index in [4.69, 9.17) is 14.4 Å². The molecular formula is C57H35N3OS2. The van der Waals surface area contributed by atoms with Crippen LogP contribution in [-0.4, -0.2) is 11.7 Å². The molecule has 6 heteroatoms. The van der Waals surface area contributed by atoms with Crippen molar-refractivity contribution >= 4 is 96.6 Å². The second kappa shape index (κ2) is 14.5. The van der Waals surface area contributed by atoms with Crippen LogP contribution >= 0.6 is 22.7 Å². The third kappa shape index (κ3) is 5.94. The Hall–Kier alpha value is -7.64. The molecule has 0 spiro atoms. The van der Waals surface area contributed by atoms with Gasteiger partial charge in [-0.3, -0.25) is 0 Å². The average Bonchev–Trinajstić information content (AvgIpc) is 4.06. The maximum absolute atomic E-state index is 7.11. The number of nitrogens with one attached hydrogen (secondary N) is 1. The summed E-state index contributed by atoms with van der Waals surface area (Å²) in [6.45, 7) is 0. The molecule has 1 aliphatic heterocycles. The fourth-order valence-electron chi connectivity index (χ4n) is 9.46. The SMILES string of the molecule is c1ccc(C2=NC(c3cccc4oc5c(-c6cccc7sc8ccccc8c67)cc(-c6cccc7sc8ccccc8c67)cc5c34)=NC(c3ccc(-c4ccccc4)cc3)N2)cc1. The molecule has 0 amide bonds. The van der Waals surface area contributed by atoms with Gasteiger partial charge in [-0.15, -0.1) is 22.7 Å². The summed E-state index contributed by atoms with van der Waals surface area (Å²) in [6, 6.07) is 71.4. The van der Waals surface area contributed by atoms with Gasteiger partial charge in [0.25, 0.3) is 0 Å². The Labute approximate surface area is 370 Å². The summed E-state index contributed by atoms with van der Waals surface area (Å²) in [5.41, 5.74) is 11.5. The normalized spacial score (nSPS) is 14.2. The number of aliphatic imine (C=N–C) groups is 2. The molecule has 0 saturated carbocycles. The third-order valence-corrected chi connectivity index (χ3v) is 14.6. The fraction of sp³-hybridized carbons (Fsp3) is 0.0175. The van der Waals surface area contributed by atoms with Crippen LogP contribution in [0, 0.1) is 0 Å². The van der Waals surface area contributed by atoms with Gasteiger partial charge >= 0.3 is 0 Å². The van der Waals surface area contributed by atoms with Crippen molar-refractivity contribution in [3.63, 3.8) is 0 Å². The smallest absolute Gasteiger partial charge is 0.160 e. The van der Waals surface area contributed by atoms with Crippen LogP contribution in [-0.2, 0) is 0 Å². The molecule has 0 radical (unpaired) electrons. The Morgan fingerprint density at radius 2 is 0.984 bits per heavy atom. The second-order valence-electron chi connectivity index (χ2n) is 16.0. The number of hydrogen-bond acceptors (Lipinski definition) is 6. The Morgan fingerprint density at radius 1 is 0.413 bits per heavy atom. The first kappa shape index (κ1) is 36.1. The van der Waals surface area contributed by atoms with Gasteiger partial charge in [0.2, 0.25) is 0 Å². The molecule has 0 saturated heterocycles. The Morgan fingerprint density at radius 3 is 1.70 bits per heavy atom. The standard InChI is InChI=1S/C57H35N3OS2/c1-3-14-34(15-4-1)35-28-30-37(31-29-35)56-58-55(36-16-5-2-6-17-36)59-57(60-56)43-22-11-23-46-51(43)45-33-38(39-20-12-26-49-52(39)41-18-7-9-24-47(41)62-49)32-44(54(45)61-46)40-21-13-27-50-53(40)42-19-8-10-25-48(42)63-50/h1-33,56H,(H,58,59,60). The van der Waals surface area contributed by atoms with Gasteiger partial charge in [-0.1, -0.05) is 158 Å². The molecule has 0 fully saturated rings. The molecular weight excluding hydrogens is 807 g/mol.